The first kappa shape index (κ1) is 23.1. The van der Waals surface area contributed by atoms with Crippen LogP contribution in [0.4, 0.5) is 17.6 Å². The second-order valence-corrected chi connectivity index (χ2v) is 10.7. The molecule has 31 heavy (non-hydrogen) atoms. The maximum Gasteiger partial charge on any atom is 0.419 e. The fourth-order valence-electron chi connectivity index (χ4n) is 7.03. The monoisotopic (exact) mass is 438 g/mol. The molecule has 1 aromatic carbocycles. The summed E-state index contributed by atoms with van der Waals surface area (Å²) in [6, 6.07) is 2.50. The zero-order valence-electron chi connectivity index (χ0n) is 19.0. The summed E-state index contributed by atoms with van der Waals surface area (Å²) in [6.45, 7) is 2.27. The molecule has 0 N–H and O–H groups in total. The first-order valence-electron chi connectivity index (χ1n) is 12.7. The number of alkyl halides is 3. The van der Waals surface area contributed by atoms with Gasteiger partial charge in [0.1, 0.15) is 5.82 Å². The van der Waals surface area contributed by atoms with Crippen molar-refractivity contribution in [2.24, 2.45) is 29.6 Å². The normalized spacial score (nSPS) is 31.2. The van der Waals surface area contributed by atoms with Gasteiger partial charge in [0.05, 0.1) is 5.56 Å². The van der Waals surface area contributed by atoms with Gasteiger partial charge in [0, 0.05) is 0 Å². The molecule has 4 rings (SSSR count). The molecule has 0 amide bonds. The zero-order chi connectivity index (χ0) is 22.0. The summed E-state index contributed by atoms with van der Waals surface area (Å²) in [5, 5.41) is 0. The quantitative estimate of drug-likeness (QED) is 0.308. The Kier molecular flexibility index (Phi) is 7.33. The van der Waals surface area contributed by atoms with Crippen LogP contribution in [0.25, 0.3) is 0 Å². The molecule has 0 spiro atoms. The summed E-state index contributed by atoms with van der Waals surface area (Å²) in [6.07, 6.45) is 12.4. The first-order valence-corrected chi connectivity index (χ1v) is 12.7. The number of benzene rings is 1. The number of fused-ring (bicyclic) bond motifs is 2. The third-order valence-corrected chi connectivity index (χ3v) is 8.79. The molecule has 2 fully saturated rings. The molecule has 0 bridgehead atoms. The predicted octanol–water partition coefficient (Wildman–Crippen LogP) is 8.75. The van der Waals surface area contributed by atoms with Crippen molar-refractivity contribution in [2.45, 2.75) is 103 Å². The van der Waals surface area contributed by atoms with E-state index >= 15 is 0 Å². The minimum atomic E-state index is -4.61. The Hall–Kier alpha value is -1.06. The summed E-state index contributed by atoms with van der Waals surface area (Å²) in [5.74, 6) is 2.82. The molecule has 3 aliphatic carbocycles. The van der Waals surface area contributed by atoms with Crippen molar-refractivity contribution < 1.29 is 17.6 Å². The van der Waals surface area contributed by atoms with Crippen LogP contribution in [-0.4, -0.2) is 0 Å². The lowest BCUT2D eigenvalue weighted by Crippen LogP contribution is -2.35. The molecule has 5 unspecified atom stereocenters. The highest BCUT2D eigenvalue weighted by atomic mass is 19.4. The van der Waals surface area contributed by atoms with E-state index in [9.17, 15) is 17.6 Å². The van der Waals surface area contributed by atoms with E-state index in [2.05, 4.69) is 6.92 Å². The Morgan fingerprint density at radius 3 is 2.29 bits per heavy atom. The molecule has 174 valence electrons. The van der Waals surface area contributed by atoms with Crippen molar-refractivity contribution in [1.29, 1.82) is 0 Å². The molecule has 0 aliphatic heterocycles. The standard InChI is InChI=1S/C27H38F4/c1-2-3-4-5-6-18-7-8-20-16-21(10-9-19(20)15-18)22-11-13-24-23(17-22)12-14-25(26(24)28)27(29,30)31/h12,14,18-22H,2-11,13,15-17H2,1H3. The molecular weight excluding hydrogens is 400 g/mol. The van der Waals surface area contributed by atoms with Gasteiger partial charge in [-0.05, 0) is 98.1 Å². The smallest absolute Gasteiger partial charge is 0.206 e. The molecule has 2 saturated carbocycles. The van der Waals surface area contributed by atoms with Gasteiger partial charge in [-0.3, -0.25) is 0 Å². The van der Waals surface area contributed by atoms with Crippen molar-refractivity contribution in [2.75, 3.05) is 0 Å². The lowest BCUT2D eigenvalue weighted by atomic mass is 9.60. The van der Waals surface area contributed by atoms with Gasteiger partial charge in [-0.15, -0.1) is 0 Å². The van der Waals surface area contributed by atoms with Crippen LogP contribution in [0.15, 0.2) is 12.1 Å². The first-order chi connectivity index (χ1) is 14.9. The molecule has 0 heterocycles. The van der Waals surface area contributed by atoms with Crippen molar-refractivity contribution in [3.8, 4) is 0 Å². The summed E-state index contributed by atoms with van der Waals surface area (Å²) >= 11 is 0. The van der Waals surface area contributed by atoms with Crippen molar-refractivity contribution in [3.63, 3.8) is 0 Å². The third kappa shape index (κ3) is 5.30. The van der Waals surface area contributed by atoms with E-state index in [1.165, 1.54) is 70.6 Å². The molecule has 0 aromatic heterocycles. The number of rotatable bonds is 6. The molecule has 0 nitrogen and oxygen atoms in total. The predicted molar refractivity (Wildman–Crippen MR) is 117 cm³/mol. The largest absolute Gasteiger partial charge is 0.419 e. The molecule has 3 aliphatic rings. The van der Waals surface area contributed by atoms with E-state index in [1.807, 2.05) is 0 Å². The van der Waals surface area contributed by atoms with Crippen LogP contribution in [0.5, 0.6) is 0 Å². The van der Waals surface area contributed by atoms with Gasteiger partial charge >= 0.3 is 6.18 Å². The number of hydrogen-bond acceptors (Lipinski definition) is 0. The minimum Gasteiger partial charge on any atom is -0.206 e. The van der Waals surface area contributed by atoms with E-state index in [1.54, 1.807) is 6.07 Å². The van der Waals surface area contributed by atoms with Crippen LogP contribution in [0, 0.1) is 35.4 Å². The molecule has 5 atom stereocenters. The lowest BCUT2D eigenvalue weighted by Gasteiger charge is -2.45. The fourth-order valence-corrected chi connectivity index (χ4v) is 7.03. The minimum absolute atomic E-state index is 0.323. The zero-order valence-corrected chi connectivity index (χ0v) is 19.0. The van der Waals surface area contributed by atoms with Crippen molar-refractivity contribution in [3.05, 3.63) is 34.6 Å². The summed E-state index contributed by atoms with van der Waals surface area (Å²) < 4.78 is 53.6. The van der Waals surface area contributed by atoms with Gasteiger partial charge in [0.25, 0.3) is 0 Å². The van der Waals surface area contributed by atoms with Gasteiger partial charge in [0.15, 0.2) is 0 Å². The van der Waals surface area contributed by atoms with E-state index in [0.29, 0.717) is 23.8 Å². The van der Waals surface area contributed by atoms with Gasteiger partial charge in [0.2, 0.25) is 0 Å². The SMILES string of the molecule is CCCCCCC1CCC2CC(C3CCc4c(ccc(C(F)(F)F)c4F)C3)CCC2C1. The highest BCUT2D eigenvalue weighted by Crippen LogP contribution is 2.49. The summed E-state index contributed by atoms with van der Waals surface area (Å²) in [4.78, 5) is 0. The maximum atomic E-state index is 14.5. The Morgan fingerprint density at radius 1 is 0.839 bits per heavy atom. The fraction of sp³-hybridized carbons (Fsp3) is 0.778. The molecule has 0 radical (unpaired) electrons. The van der Waals surface area contributed by atoms with Crippen LogP contribution < -0.4 is 0 Å². The van der Waals surface area contributed by atoms with E-state index in [-0.39, 0.29) is 0 Å². The lowest BCUT2D eigenvalue weighted by molar-refractivity contribution is -0.140. The average Bonchev–Trinajstić information content (AvgIpc) is 2.75. The summed E-state index contributed by atoms with van der Waals surface area (Å²) in [5.41, 5.74) is 0.0414. The number of halogens is 4. The van der Waals surface area contributed by atoms with E-state index < -0.39 is 17.6 Å². The molecular formula is C27H38F4. The van der Waals surface area contributed by atoms with Crippen LogP contribution in [0.1, 0.15) is 101 Å². The number of hydrogen-bond donors (Lipinski definition) is 0. The highest BCUT2D eigenvalue weighted by Gasteiger charge is 2.40. The van der Waals surface area contributed by atoms with Crippen molar-refractivity contribution >= 4 is 0 Å². The van der Waals surface area contributed by atoms with E-state index in [4.69, 9.17) is 0 Å². The molecule has 0 saturated heterocycles. The third-order valence-electron chi connectivity index (χ3n) is 8.79. The molecule has 1 aromatic rings. The topological polar surface area (TPSA) is 0 Å². The van der Waals surface area contributed by atoms with Gasteiger partial charge in [-0.2, -0.15) is 13.2 Å². The van der Waals surface area contributed by atoms with Gasteiger partial charge in [-0.1, -0.05) is 51.5 Å². The summed E-state index contributed by atoms with van der Waals surface area (Å²) in [7, 11) is 0. The Bertz CT molecular complexity index is 737. The second kappa shape index (κ2) is 9.83. The van der Waals surface area contributed by atoms with Crippen LogP contribution in [0.3, 0.4) is 0 Å². The van der Waals surface area contributed by atoms with E-state index in [0.717, 1.165) is 42.2 Å². The van der Waals surface area contributed by atoms with Crippen LogP contribution >= 0.6 is 0 Å². The van der Waals surface area contributed by atoms with Crippen LogP contribution in [-0.2, 0) is 19.0 Å². The average molecular weight is 439 g/mol. The Morgan fingerprint density at radius 2 is 1.55 bits per heavy atom. The highest BCUT2D eigenvalue weighted by molar-refractivity contribution is 5.37. The van der Waals surface area contributed by atoms with Gasteiger partial charge < -0.3 is 0 Å². The Labute approximate surface area is 185 Å². The second-order valence-electron chi connectivity index (χ2n) is 10.7. The number of unbranched alkanes of at least 4 members (excludes halogenated alkanes) is 3. The maximum absolute atomic E-state index is 14.5. The van der Waals surface area contributed by atoms with Crippen molar-refractivity contribution in [1.82, 2.24) is 0 Å². The molecule has 4 heteroatoms. The van der Waals surface area contributed by atoms with Crippen LogP contribution in [0.2, 0.25) is 0 Å². The van der Waals surface area contributed by atoms with Gasteiger partial charge in [-0.25, -0.2) is 4.39 Å². The Balaban J connectivity index is 1.32.